The lowest BCUT2D eigenvalue weighted by Crippen LogP contribution is -2.14. The number of nitrogens with one attached hydrogen (secondary N) is 1. The number of rotatable bonds is 5. The molecule has 0 radical (unpaired) electrons. The zero-order valence-corrected chi connectivity index (χ0v) is 17.6. The van der Waals surface area contributed by atoms with E-state index in [1.807, 2.05) is 0 Å². The van der Waals surface area contributed by atoms with Gasteiger partial charge in [0.25, 0.3) is 5.91 Å². The molecule has 0 aliphatic carbocycles. The Bertz CT molecular complexity index is 1270. The number of anilines is 1. The Morgan fingerprint density at radius 2 is 1.87 bits per heavy atom. The smallest absolute Gasteiger partial charge is 0.260 e. The first-order valence-corrected chi connectivity index (χ1v) is 9.52. The summed E-state index contributed by atoms with van der Waals surface area (Å²) >= 11 is 6.44. The van der Waals surface area contributed by atoms with Gasteiger partial charge in [-0.25, -0.2) is 9.07 Å². The predicted octanol–water partition coefficient (Wildman–Crippen LogP) is 3.52. The first-order valence-electron chi connectivity index (χ1n) is 9.15. The third-order valence-electron chi connectivity index (χ3n) is 4.59. The number of benzene rings is 2. The highest BCUT2D eigenvalue weighted by molar-refractivity contribution is 6.34. The fourth-order valence-electron chi connectivity index (χ4n) is 3.09. The van der Waals surface area contributed by atoms with Crippen molar-refractivity contribution in [2.75, 3.05) is 12.4 Å². The molecule has 0 saturated heterocycles. The molecule has 0 aliphatic rings. The number of aromatic nitrogens is 6. The fraction of sp³-hybridized carbons (Fsp3) is 0.150. The third-order valence-corrected chi connectivity index (χ3v) is 4.94. The van der Waals surface area contributed by atoms with Crippen LogP contribution in [0.1, 0.15) is 21.9 Å². The molecule has 4 aromatic rings. The highest BCUT2D eigenvalue weighted by atomic mass is 35.5. The Morgan fingerprint density at radius 1 is 1.13 bits per heavy atom. The van der Waals surface area contributed by atoms with E-state index >= 15 is 0 Å². The monoisotopic (exact) mass is 441 g/mol. The van der Waals surface area contributed by atoms with Gasteiger partial charge in [0.1, 0.15) is 28.0 Å². The van der Waals surface area contributed by atoms with Gasteiger partial charge in [-0.05, 0) is 66.7 Å². The number of carbonyl (C=O) groups is 1. The van der Waals surface area contributed by atoms with Crippen LogP contribution in [-0.2, 0) is 0 Å². The molecule has 0 unspecified atom stereocenters. The van der Waals surface area contributed by atoms with E-state index in [0.29, 0.717) is 34.3 Å². The molecule has 0 fully saturated rings. The van der Waals surface area contributed by atoms with Crippen molar-refractivity contribution in [3.05, 3.63) is 70.5 Å². The number of hydrogen-bond acceptors (Lipinski definition) is 6. The van der Waals surface area contributed by atoms with Crippen LogP contribution in [0.25, 0.3) is 11.4 Å². The van der Waals surface area contributed by atoms with E-state index < -0.39 is 5.91 Å². The average molecular weight is 442 g/mol. The zero-order valence-electron chi connectivity index (χ0n) is 16.8. The maximum Gasteiger partial charge on any atom is 0.260 e. The zero-order chi connectivity index (χ0) is 22.1. The normalized spacial score (nSPS) is 10.9. The summed E-state index contributed by atoms with van der Waals surface area (Å²) < 4.78 is 21.5. The second-order valence-corrected chi connectivity index (χ2v) is 6.98. The van der Waals surface area contributed by atoms with Crippen LogP contribution >= 0.6 is 11.6 Å². The molecule has 31 heavy (non-hydrogen) atoms. The van der Waals surface area contributed by atoms with E-state index in [4.69, 9.17) is 16.3 Å². The van der Waals surface area contributed by atoms with Crippen molar-refractivity contribution in [2.24, 2.45) is 0 Å². The summed E-state index contributed by atoms with van der Waals surface area (Å²) in [6.45, 7) is 3.42. The molecule has 2 heterocycles. The molecule has 1 N–H and O–H groups in total. The molecule has 158 valence electrons. The molecule has 2 aromatic carbocycles. The molecule has 0 atom stereocenters. The summed E-state index contributed by atoms with van der Waals surface area (Å²) in [7, 11) is 1.53. The summed E-state index contributed by atoms with van der Waals surface area (Å²) in [6, 6.07) is 10.7. The highest BCUT2D eigenvalue weighted by Gasteiger charge is 2.22. The number of ether oxygens (including phenoxy) is 1. The van der Waals surface area contributed by atoms with E-state index in [-0.39, 0.29) is 16.5 Å². The number of methoxy groups -OCH3 is 1. The second-order valence-electron chi connectivity index (χ2n) is 6.62. The lowest BCUT2D eigenvalue weighted by molar-refractivity contribution is 0.102. The Kier molecular flexibility index (Phi) is 5.38. The number of halogens is 2. The molecular weight excluding hydrogens is 425 g/mol. The quantitative estimate of drug-likeness (QED) is 0.508. The molecule has 0 spiro atoms. The molecule has 11 heteroatoms. The summed E-state index contributed by atoms with van der Waals surface area (Å²) in [6.07, 6.45) is 0. The SMILES string of the molecule is COc1ccc(NC(=O)c2c(C)nn(-c3ccc(F)cc3)c2Cl)cc1-n1nnnc1C. The van der Waals surface area contributed by atoms with Crippen molar-refractivity contribution >= 4 is 23.2 Å². The maximum absolute atomic E-state index is 13.2. The topological polar surface area (TPSA) is 99.8 Å². The number of nitrogens with zero attached hydrogens (tertiary/aromatic N) is 6. The van der Waals surface area contributed by atoms with Gasteiger partial charge in [0.05, 0.1) is 18.5 Å². The molecule has 4 rings (SSSR count). The largest absolute Gasteiger partial charge is 0.494 e. The van der Waals surface area contributed by atoms with Gasteiger partial charge in [0, 0.05) is 5.69 Å². The number of carbonyl (C=O) groups excluding carboxylic acids is 1. The van der Waals surface area contributed by atoms with Crippen LogP contribution < -0.4 is 10.1 Å². The van der Waals surface area contributed by atoms with Crippen molar-refractivity contribution < 1.29 is 13.9 Å². The lowest BCUT2D eigenvalue weighted by atomic mass is 10.2. The van der Waals surface area contributed by atoms with Crippen molar-refractivity contribution in [2.45, 2.75) is 13.8 Å². The minimum absolute atomic E-state index is 0.117. The van der Waals surface area contributed by atoms with Crippen LogP contribution in [0.5, 0.6) is 5.75 Å². The van der Waals surface area contributed by atoms with Crippen molar-refractivity contribution in [1.29, 1.82) is 0 Å². The number of tetrazole rings is 1. The number of hydrogen-bond donors (Lipinski definition) is 1. The summed E-state index contributed by atoms with van der Waals surface area (Å²) in [5.41, 5.74) is 2.22. The van der Waals surface area contributed by atoms with E-state index in [9.17, 15) is 9.18 Å². The van der Waals surface area contributed by atoms with Crippen molar-refractivity contribution in [1.82, 2.24) is 30.0 Å². The second kappa shape index (κ2) is 8.15. The first kappa shape index (κ1) is 20.5. The van der Waals surface area contributed by atoms with E-state index in [2.05, 4.69) is 25.9 Å². The molecule has 1 amide bonds. The average Bonchev–Trinajstić information content (AvgIpc) is 3.30. The van der Waals surface area contributed by atoms with E-state index in [0.717, 1.165) is 0 Å². The van der Waals surface area contributed by atoms with Crippen LogP contribution in [0.4, 0.5) is 10.1 Å². The summed E-state index contributed by atoms with van der Waals surface area (Å²) in [4.78, 5) is 13.0. The fourth-order valence-corrected chi connectivity index (χ4v) is 3.45. The van der Waals surface area contributed by atoms with Gasteiger partial charge in [-0.15, -0.1) is 5.10 Å². The van der Waals surface area contributed by atoms with E-state index in [1.165, 1.54) is 40.7 Å². The Hall–Kier alpha value is -3.79. The molecular formula is C20H17ClFN7O2. The number of aryl methyl sites for hydroxylation is 2. The maximum atomic E-state index is 13.2. The van der Waals surface area contributed by atoms with Crippen molar-refractivity contribution in [3.63, 3.8) is 0 Å². The van der Waals surface area contributed by atoms with Crippen LogP contribution in [0, 0.1) is 19.7 Å². The predicted molar refractivity (Wildman–Crippen MR) is 112 cm³/mol. The lowest BCUT2D eigenvalue weighted by Gasteiger charge is -2.12. The summed E-state index contributed by atoms with van der Waals surface area (Å²) in [5, 5.41) is 18.7. The minimum atomic E-state index is -0.444. The molecule has 0 bridgehead atoms. The molecule has 0 aliphatic heterocycles. The summed E-state index contributed by atoms with van der Waals surface area (Å²) in [5.74, 6) is 0.267. The van der Waals surface area contributed by atoms with Gasteiger partial charge in [-0.3, -0.25) is 4.79 Å². The standard InChI is InChI=1S/C20H17ClFN7O2/c1-11-18(19(21)29(25-11)15-7-4-13(22)5-8-15)20(30)23-14-6-9-17(31-3)16(10-14)28-12(2)24-26-27-28/h4-10H,1-3H3,(H,23,30). The van der Waals surface area contributed by atoms with Crippen molar-refractivity contribution in [3.8, 4) is 17.1 Å². The van der Waals surface area contributed by atoms with Gasteiger partial charge < -0.3 is 10.1 Å². The van der Waals surface area contributed by atoms with Crippen LogP contribution in [0.2, 0.25) is 5.15 Å². The van der Waals surface area contributed by atoms with Crippen LogP contribution in [0.3, 0.4) is 0 Å². The van der Waals surface area contributed by atoms with Gasteiger partial charge in [-0.2, -0.15) is 9.78 Å². The first-order chi connectivity index (χ1) is 14.9. The molecule has 9 nitrogen and oxygen atoms in total. The Morgan fingerprint density at radius 3 is 2.52 bits per heavy atom. The van der Waals surface area contributed by atoms with Crippen LogP contribution in [0.15, 0.2) is 42.5 Å². The van der Waals surface area contributed by atoms with Gasteiger partial charge in [0.2, 0.25) is 0 Å². The molecule has 0 saturated carbocycles. The highest BCUT2D eigenvalue weighted by Crippen LogP contribution is 2.28. The van der Waals surface area contributed by atoms with E-state index in [1.54, 1.807) is 32.0 Å². The van der Waals surface area contributed by atoms with Crippen LogP contribution in [-0.4, -0.2) is 43.0 Å². The third kappa shape index (κ3) is 3.84. The van der Waals surface area contributed by atoms with Gasteiger partial charge in [0.15, 0.2) is 5.82 Å². The number of amides is 1. The molecule has 2 aromatic heterocycles. The minimum Gasteiger partial charge on any atom is -0.494 e. The Balaban J connectivity index is 1.66. The van der Waals surface area contributed by atoms with Gasteiger partial charge in [-0.1, -0.05) is 11.6 Å². The van der Waals surface area contributed by atoms with Gasteiger partial charge >= 0.3 is 0 Å². The Labute approximate surface area is 181 Å².